The summed E-state index contributed by atoms with van der Waals surface area (Å²) in [5, 5.41) is 0. The van der Waals surface area contributed by atoms with E-state index in [1.165, 1.54) is 6.42 Å². The molecule has 0 aliphatic heterocycles. The van der Waals surface area contributed by atoms with Crippen LogP contribution in [0.3, 0.4) is 0 Å². The predicted octanol–water partition coefficient (Wildman–Crippen LogP) is 3.03. The molecule has 1 aliphatic rings. The van der Waals surface area contributed by atoms with Crippen molar-refractivity contribution in [3.63, 3.8) is 0 Å². The van der Waals surface area contributed by atoms with Gasteiger partial charge in [-0.15, -0.1) is 0 Å². The Balaban J connectivity index is 2.14. The molecule has 3 heteroatoms. The van der Waals surface area contributed by atoms with Crippen LogP contribution in [0.25, 0.3) is 0 Å². The second-order valence-corrected chi connectivity index (χ2v) is 4.43. The van der Waals surface area contributed by atoms with Gasteiger partial charge in [0, 0.05) is 6.54 Å². The number of ether oxygens (including phenoxy) is 2. The lowest BCUT2D eigenvalue weighted by Crippen LogP contribution is -2.16. The van der Waals surface area contributed by atoms with Crippen LogP contribution in [-0.4, -0.2) is 12.7 Å². The highest BCUT2D eigenvalue weighted by molar-refractivity contribution is 5.43. The Morgan fingerprint density at radius 1 is 1.33 bits per heavy atom. The van der Waals surface area contributed by atoms with E-state index in [1.807, 2.05) is 25.1 Å². The fourth-order valence-electron chi connectivity index (χ4n) is 2.09. The maximum Gasteiger partial charge on any atom is 0.162 e. The summed E-state index contributed by atoms with van der Waals surface area (Å²) in [6.07, 6.45) is 7.90. The van der Waals surface area contributed by atoms with Gasteiger partial charge in [0.05, 0.1) is 6.61 Å². The summed E-state index contributed by atoms with van der Waals surface area (Å²) < 4.78 is 11.6. The fraction of sp³-hybridized carbons (Fsp3) is 0.467. The molecule has 1 aliphatic carbocycles. The first-order valence-corrected chi connectivity index (χ1v) is 6.62. The largest absolute Gasteiger partial charge is 0.490 e. The normalized spacial score (nSPS) is 18.7. The van der Waals surface area contributed by atoms with Gasteiger partial charge in [-0.25, -0.2) is 0 Å². The van der Waals surface area contributed by atoms with E-state index in [0.29, 0.717) is 13.2 Å². The van der Waals surface area contributed by atoms with Gasteiger partial charge in [0.1, 0.15) is 6.10 Å². The molecule has 1 unspecified atom stereocenters. The van der Waals surface area contributed by atoms with E-state index < -0.39 is 0 Å². The quantitative estimate of drug-likeness (QED) is 0.813. The molecular formula is C15H21NO2. The molecule has 2 N–H and O–H groups in total. The van der Waals surface area contributed by atoms with Crippen molar-refractivity contribution in [2.24, 2.45) is 5.73 Å². The Morgan fingerprint density at radius 3 is 2.89 bits per heavy atom. The van der Waals surface area contributed by atoms with Crippen molar-refractivity contribution in [3.8, 4) is 11.5 Å². The van der Waals surface area contributed by atoms with Crippen molar-refractivity contribution in [2.45, 2.75) is 38.8 Å². The van der Waals surface area contributed by atoms with E-state index >= 15 is 0 Å². The van der Waals surface area contributed by atoms with E-state index in [9.17, 15) is 0 Å². The van der Waals surface area contributed by atoms with Gasteiger partial charge < -0.3 is 15.2 Å². The molecular weight excluding hydrogens is 226 g/mol. The number of nitrogens with two attached hydrogens (primary N) is 1. The summed E-state index contributed by atoms with van der Waals surface area (Å²) in [4.78, 5) is 0. The van der Waals surface area contributed by atoms with Crippen LogP contribution in [0.15, 0.2) is 30.4 Å². The van der Waals surface area contributed by atoms with E-state index in [4.69, 9.17) is 15.2 Å². The van der Waals surface area contributed by atoms with Gasteiger partial charge in [-0.2, -0.15) is 0 Å². The van der Waals surface area contributed by atoms with Gasteiger partial charge in [0.2, 0.25) is 0 Å². The molecule has 2 rings (SSSR count). The van der Waals surface area contributed by atoms with Crippen LogP contribution in [0.1, 0.15) is 31.7 Å². The molecule has 0 spiro atoms. The Hall–Kier alpha value is -1.48. The van der Waals surface area contributed by atoms with Crippen LogP contribution in [0, 0.1) is 0 Å². The average Bonchev–Trinajstić information content (AvgIpc) is 2.42. The van der Waals surface area contributed by atoms with Gasteiger partial charge in [-0.05, 0) is 50.0 Å². The molecule has 1 aromatic rings. The van der Waals surface area contributed by atoms with Gasteiger partial charge in [-0.1, -0.05) is 12.1 Å². The first kappa shape index (κ1) is 13.0. The SMILES string of the molecule is CCOc1cc(CN)ccc1OC1C=CCCC1. The highest BCUT2D eigenvalue weighted by atomic mass is 16.5. The molecule has 0 radical (unpaired) electrons. The standard InChI is InChI=1S/C15H21NO2/c1-2-17-15-10-12(11-16)8-9-14(15)18-13-6-4-3-5-7-13/h4,6,8-10,13H,2-3,5,7,11,16H2,1H3. The van der Waals surface area contributed by atoms with Crippen molar-refractivity contribution >= 4 is 0 Å². The molecule has 0 saturated carbocycles. The molecule has 0 bridgehead atoms. The molecule has 1 aromatic carbocycles. The minimum atomic E-state index is 0.168. The number of benzene rings is 1. The van der Waals surface area contributed by atoms with Crippen LogP contribution in [0.2, 0.25) is 0 Å². The molecule has 0 amide bonds. The zero-order valence-corrected chi connectivity index (χ0v) is 10.9. The topological polar surface area (TPSA) is 44.5 Å². The Labute approximate surface area is 109 Å². The molecule has 98 valence electrons. The van der Waals surface area contributed by atoms with E-state index in [-0.39, 0.29) is 6.10 Å². The molecule has 1 atom stereocenters. The number of hydrogen-bond donors (Lipinski definition) is 1. The summed E-state index contributed by atoms with van der Waals surface area (Å²) in [6, 6.07) is 5.91. The van der Waals surface area contributed by atoms with Crippen LogP contribution >= 0.6 is 0 Å². The van der Waals surface area contributed by atoms with Crippen LogP contribution in [0.4, 0.5) is 0 Å². The summed E-state index contributed by atoms with van der Waals surface area (Å²) in [6.45, 7) is 3.12. The number of rotatable bonds is 5. The first-order chi connectivity index (χ1) is 8.83. The van der Waals surface area contributed by atoms with Crippen LogP contribution < -0.4 is 15.2 Å². The van der Waals surface area contributed by atoms with Crippen molar-refractivity contribution in [1.82, 2.24) is 0 Å². The number of hydrogen-bond acceptors (Lipinski definition) is 3. The molecule has 0 aromatic heterocycles. The molecule has 0 heterocycles. The molecule has 0 fully saturated rings. The number of allylic oxidation sites excluding steroid dienone is 1. The summed E-state index contributed by atoms with van der Waals surface area (Å²) in [7, 11) is 0. The van der Waals surface area contributed by atoms with Crippen LogP contribution in [-0.2, 0) is 6.54 Å². The highest BCUT2D eigenvalue weighted by Gasteiger charge is 2.13. The lowest BCUT2D eigenvalue weighted by Gasteiger charge is -2.20. The van der Waals surface area contributed by atoms with Crippen molar-refractivity contribution in [2.75, 3.05) is 6.61 Å². The molecule has 3 nitrogen and oxygen atoms in total. The maximum atomic E-state index is 5.99. The van der Waals surface area contributed by atoms with E-state index in [2.05, 4.69) is 12.2 Å². The predicted molar refractivity (Wildman–Crippen MR) is 72.9 cm³/mol. The summed E-state index contributed by atoms with van der Waals surface area (Å²) in [5.41, 5.74) is 6.70. The lowest BCUT2D eigenvalue weighted by atomic mass is 10.1. The first-order valence-electron chi connectivity index (χ1n) is 6.62. The second-order valence-electron chi connectivity index (χ2n) is 4.43. The Bertz CT molecular complexity index is 415. The minimum absolute atomic E-state index is 0.168. The average molecular weight is 247 g/mol. The maximum absolute atomic E-state index is 5.99. The van der Waals surface area contributed by atoms with Crippen molar-refractivity contribution in [1.29, 1.82) is 0 Å². The van der Waals surface area contributed by atoms with Gasteiger partial charge in [0.15, 0.2) is 11.5 Å². The summed E-state index contributed by atoms with van der Waals surface area (Å²) >= 11 is 0. The molecule has 0 saturated heterocycles. The third-order valence-electron chi connectivity index (χ3n) is 3.03. The lowest BCUT2D eigenvalue weighted by molar-refractivity contribution is 0.214. The van der Waals surface area contributed by atoms with Crippen molar-refractivity contribution < 1.29 is 9.47 Å². The third kappa shape index (κ3) is 3.26. The monoisotopic (exact) mass is 247 g/mol. The third-order valence-corrected chi connectivity index (χ3v) is 3.03. The van der Waals surface area contributed by atoms with Gasteiger partial charge >= 0.3 is 0 Å². The Morgan fingerprint density at radius 2 is 2.22 bits per heavy atom. The van der Waals surface area contributed by atoms with Gasteiger partial charge in [-0.3, -0.25) is 0 Å². The summed E-state index contributed by atoms with van der Waals surface area (Å²) in [5.74, 6) is 1.60. The van der Waals surface area contributed by atoms with Crippen LogP contribution in [0.5, 0.6) is 11.5 Å². The van der Waals surface area contributed by atoms with Gasteiger partial charge in [0.25, 0.3) is 0 Å². The smallest absolute Gasteiger partial charge is 0.162 e. The fourth-order valence-corrected chi connectivity index (χ4v) is 2.09. The van der Waals surface area contributed by atoms with E-state index in [0.717, 1.165) is 29.9 Å². The Kier molecular flexibility index (Phi) is 4.65. The second kappa shape index (κ2) is 6.45. The zero-order valence-electron chi connectivity index (χ0n) is 10.9. The molecule has 18 heavy (non-hydrogen) atoms. The zero-order chi connectivity index (χ0) is 12.8. The minimum Gasteiger partial charge on any atom is -0.490 e. The van der Waals surface area contributed by atoms with Crippen molar-refractivity contribution in [3.05, 3.63) is 35.9 Å². The highest BCUT2D eigenvalue weighted by Crippen LogP contribution is 2.30. The van der Waals surface area contributed by atoms with E-state index in [1.54, 1.807) is 0 Å².